The summed E-state index contributed by atoms with van der Waals surface area (Å²) < 4.78 is 0. The minimum Gasteiger partial charge on any atom is -0.313 e. The molecule has 4 unspecified atom stereocenters. The van der Waals surface area contributed by atoms with Crippen LogP contribution >= 0.6 is 0 Å². The van der Waals surface area contributed by atoms with Crippen LogP contribution in [0.15, 0.2) is 0 Å². The van der Waals surface area contributed by atoms with Crippen LogP contribution in [-0.2, 0) is 0 Å². The molecule has 2 heteroatoms. The van der Waals surface area contributed by atoms with Gasteiger partial charge in [-0.05, 0) is 69.0 Å². The molecular formula is C18H36N2. The van der Waals surface area contributed by atoms with Crippen LogP contribution in [0.3, 0.4) is 0 Å². The predicted octanol–water partition coefficient (Wildman–Crippen LogP) is 3.77. The van der Waals surface area contributed by atoms with Gasteiger partial charge in [0.1, 0.15) is 0 Å². The molecule has 4 atom stereocenters. The summed E-state index contributed by atoms with van der Waals surface area (Å²) in [6.45, 7) is 14.8. The van der Waals surface area contributed by atoms with Crippen LogP contribution in [0.4, 0.5) is 0 Å². The van der Waals surface area contributed by atoms with Gasteiger partial charge in [-0.2, -0.15) is 0 Å². The average molecular weight is 280 g/mol. The van der Waals surface area contributed by atoms with E-state index in [9.17, 15) is 0 Å². The maximum absolute atomic E-state index is 3.93. The van der Waals surface area contributed by atoms with Crippen LogP contribution in [0.25, 0.3) is 0 Å². The molecule has 0 aromatic rings. The second kappa shape index (κ2) is 7.79. The van der Waals surface area contributed by atoms with Gasteiger partial charge in [-0.3, -0.25) is 0 Å². The van der Waals surface area contributed by atoms with E-state index in [4.69, 9.17) is 0 Å². The molecule has 0 aromatic carbocycles. The van der Waals surface area contributed by atoms with E-state index in [1.165, 1.54) is 58.3 Å². The first-order valence-corrected chi connectivity index (χ1v) is 9.02. The first kappa shape index (κ1) is 16.3. The first-order chi connectivity index (χ1) is 9.56. The lowest BCUT2D eigenvalue weighted by molar-refractivity contribution is 0.162. The van der Waals surface area contributed by atoms with Gasteiger partial charge < -0.3 is 10.2 Å². The van der Waals surface area contributed by atoms with Crippen molar-refractivity contribution in [3.63, 3.8) is 0 Å². The third-order valence-electron chi connectivity index (χ3n) is 5.52. The van der Waals surface area contributed by atoms with E-state index in [-0.39, 0.29) is 0 Å². The highest BCUT2D eigenvalue weighted by Crippen LogP contribution is 2.33. The third kappa shape index (κ3) is 4.73. The molecule has 2 nitrogen and oxygen atoms in total. The predicted molar refractivity (Wildman–Crippen MR) is 88.0 cm³/mol. The van der Waals surface area contributed by atoms with Gasteiger partial charge >= 0.3 is 0 Å². The van der Waals surface area contributed by atoms with Crippen LogP contribution in [0.1, 0.15) is 59.8 Å². The molecule has 1 heterocycles. The molecule has 1 saturated heterocycles. The highest BCUT2D eigenvalue weighted by atomic mass is 15.1. The molecule has 0 amide bonds. The minimum absolute atomic E-state index is 0.764. The zero-order valence-electron chi connectivity index (χ0n) is 14.2. The Morgan fingerprint density at radius 2 is 1.80 bits per heavy atom. The van der Waals surface area contributed by atoms with Crippen molar-refractivity contribution in [1.82, 2.24) is 10.2 Å². The molecule has 2 rings (SSSR count). The van der Waals surface area contributed by atoms with Gasteiger partial charge in [0.05, 0.1) is 0 Å². The standard InChI is InChI=1S/C18H36N2/c1-14(2)17-8-7-15(3)11-18(17)19-12-16(4)13-20-9-5-6-10-20/h14-19H,5-13H2,1-4H3. The monoisotopic (exact) mass is 280 g/mol. The Bertz CT molecular complexity index is 271. The van der Waals surface area contributed by atoms with Crippen LogP contribution in [0, 0.1) is 23.7 Å². The lowest BCUT2D eigenvalue weighted by Gasteiger charge is -2.38. The fourth-order valence-corrected chi connectivity index (χ4v) is 4.26. The number of nitrogens with one attached hydrogen (secondary N) is 1. The van der Waals surface area contributed by atoms with Gasteiger partial charge in [0, 0.05) is 12.6 Å². The van der Waals surface area contributed by atoms with Crippen molar-refractivity contribution in [3.8, 4) is 0 Å². The molecule has 1 N–H and O–H groups in total. The number of likely N-dealkylation sites (tertiary alicyclic amines) is 1. The van der Waals surface area contributed by atoms with Gasteiger partial charge in [-0.15, -0.1) is 0 Å². The second-order valence-electron chi connectivity index (χ2n) is 7.95. The number of rotatable bonds is 6. The van der Waals surface area contributed by atoms with Crippen LogP contribution in [0.5, 0.6) is 0 Å². The lowest BCUT2D eigenvalue weighted by atomic mass is 9.74. The largest absolute Gasteiger partial charge is 0.313 e. The molecule has 2 aliphatic rings. The highest BCUT2D eigenvalue weighted by Gasteiger charge is 2.30. The van der Waals surface area contributed by atoms with Gasteiger partial charge in [0.2, 0.25) is 0 Å². The summed E-state index contributed by atoms with van der Waals surface area (Å²) in [5.74, 6) is 3.42. The van der Waals surface area contributed by atoms with Crippen LogP contribution in [-0.4, -0.2) is 37.1 Å². The van der Waals surface area contributed by atoms with Gasteiger partial charge in [-0.1, -0.05) is 34.1 Å². The maximum Gasteiger partial charge on any atom is 0.0100 e. The first-order valence-electron chi connectivity index (χ1n) is 9.02. The lowest BCUT2D eigenvalue weighted by Crippen LogP contribution is -2.45. The van der Waals surface area contributed by atoms with Crippen molar-refractivity contribution < 1.29 is 0 Å². The molecule has 2 fully saturated rings. The Balaban J connectivity index is 1.74. The fraction of sp³-hybridized carbons (Fsp3) is 1.00. The van der Waals surface area contributed by atoms with E-state index in [0.29, 0.717) is 0 Å². The Kier molecular flexibility index (Phi) is 6.35. The molecule has 0 aromatic heterocycles. The van der Waals surface area contributed by atoms with E-state index in [1.807, 2.05) is 0 Å². The van der Waals surface area contributed by atoms with E-state index in [1.54, 1.807) is 0 Å². The van der Waals surface area contributed by atoms with Crippen molar-refractivity contribution in [1.29, 1.82) is 0 Å². The van der Waals surface area contributed by atoms with Crippen molar-refractivity contribution in [2.75, 3.05) is 26.2 Å². The van der Waals surface area contributed by atoms with Gasteiger partial charge in [0.25, 0.3) is 0 Å². The van der Waals surface area contributed by atoms with Crippen molar-refractivity contribution in [2.24, 2.45) is 23.7 Å². The quantitative estimate of drug-likeness (QED) is 0.797. The summed E-state index contributed by atoms with van der Waals surface area (Å²) in [4.78, 5) is 2.65. The van der Waals surface area contributed by atoms with Gasteiger partial charge in [-0.25, -0.2) is 0 Å². The van der Waals surface area contributed by atoms with Crippen molar-refractivity contribution in [2.45, 2.75) is 65.8 Å². The summed E-state index contributed by atoms with van der Waals surface area (Å²) in [5.41, 5.74) is 0. The van der Waals surface area contributed by atoms with E-state index in [0.717, 1.165) is 29.7 Å². The highest BCUT2D eigenvalue weighted by molar-refractivity contribution is 4.86. The second-order valence-corrected chi connectivity index (χ2v) is 7.95. The third-order valence-corrected chi connectivity index (χ3v) is 5.52. The fourth-order valence-electron chi connectivity index (χ4n) is 4.26. The van der Waals surface area contributed by atoms with Crippen molar-refractivity contribution >= 4 is 0 Å². The molecule has 0 bridgehead atoms. The molecule has 1 aliphatic carbocycles. The summed E-state index contributed by atoms with van der Waals surface area (Å²) in [6, 6.07) is 0.764. The smallest absolute Gasteiger partial charge is 0.0100 e. The van der Waals surface area contributed by atoms with E-state index < -0.39 is 0 Å². The van der Waals surface area contributed by atoms with Crippen LogP contribution in [0.2, 0.25) is 0 Å². The van der Waals surface area contributed by atoms with Gasteiger partial charge in [0.15, 0.2) is 0 Å². The topological polar surface area (TPSA) is 15.3 Å². The summed E-state index contributed by atoms with van der Waals surface area (Å²) >= 11 is 0. The summed E-state index contributed by atoms with van der Waals surface area (Å²) in [6.07, 6.45) is 7.08. The SMILES string of the molecule is CC1CCC(C(C)C)C(NCC(C)CN2CCCC2)C1. The maximum atomic E-state index is 3.93. The molecule has 0 radical (unpaired) electrons. The van der Waals surface area contributed by atoms with E-state index in [2.05, 4.69) is 37.9 Å². The molecular weight excluding hydrogens is 244 g/mol. The minimum atomic E-state index is 0.764. The number of hydrogen-bond donors (Lipinski definition) is 1. The Morgan fingerprint density at radius 1 is 1.10 bits per heavy atom. The Morgan fingerprint density at radius 3 is 2.45 bits per heavy atom. The summed E-state index contributed by atoms with van der Waals surface area (Å²) in [5, 5.41) is 3.93. The zero-order chi connectivity index (χ0) is 14.5. The molecule has 1 aliphatic heterocycles. The van der Waals surface area contributed by atoms with Crippen molar-refractivity contribution in [3.05, 3.63) is 0 Å². The zero-order valence-corrected chi connectivity index (χ0v) is 14.2. The Labute approximate surface area is 126 Å². The molecule has 0 spiro atoms. The van der Waals surface area contributed by atoms with E-state index >= 15 is 0 Å². The molecule has 20 heavy (non-hydrogen) atoms. The number of nitrogens with zero attached hydrogens (tertiary/aromatic N) is 1. The summed E-state index contributed by atoms with van der Waals surface area (Å²) in [7, 11) is 0. The Hall–Kier alpha value is -0.0800. The average Bonchev–Trinajstić information content (AvgIpc) is 2.89. The number of hydrogen-bond acceptors (Lipinski definition) is 2. The van der Waals surface area contributed by atoms with Crippen LogP contribution < -0.4 is 5.32 Å². The normalized spacial score (nSPS) is 33.8. The molecule has 118 valence electrons. The molecule has 1 saturated carbocycles.